The summed E-state index contributed by atoms with van der Waals surface area (Å²) < 4.78 is 0. The lowest BCUT2D eigenvalue weighted by Crippen LogP contribution is -2.49. The number of amides is 1. The van der Waals surface area contributed by atoms with Crippen molar-refractivity contribution in [2.75, 3.05) is 13.1 Å². The highest BCUT2D eigenvalue weighted by Gasteiger charge is 2.27. The van der Waals surface area contributed by atoms with Gasteiger partial charge in [-0.2, -0.15) is 0 Å². The Morgan fingerprint density at radius 2 is 2.00 bits per heavy atom. The average molecular weight is 274 g/mol. The highest BCUT2D eigenvalue weighted by molar-refractivity contribution is 5.81. The molecule has 0 bridgehead atoms. The Morgan fingerprint density at radius 3 is 2.70 bits per heavy atom. The van der Waals surface area contributed by atoms with E-state index in [9.17, 15) is 4.79 Å². The molecule has 1 fully saturated rings. The number of aryl methyl sites for hydroxylation is 1. The summed E-state index contributed by atoms with van der Waals surface area (Å²) in [6.45, 7) is 6.96. The standard InChI is InChI=1S/C17H26N2O/c1-3-14-9-5-6-10-15(14)13-18-17(20)16-11-7-8-12-19(16)4-2/h5-6,9-10,16H,3-4,7-8,11-13H2,1-2H3,(H,18,20). The van der Waals surface area contributed by atoms with Crippen molar-refractivity contribution in [2.45, 2.75) is 52.1 Å². The van der Waals surface area contributed by atoms with Crippen LogP contribution in [0.1, 0.15) is 44.2 Å². The molecular formula is C17H26N2O. The van der Waals surface area contributed by atoms with Crippen molar-refractivity contribution in [3.8, 4) is 0 Å². The Bertz CT molecular complexity index is 444. The minimum Gasteiger partial charge on any atom is -0.351 e. The number of carbonyl (C=O) groups is 1. The summed E-state index contributed by atoms with van der Waals surface area (Å²) in [7, 11) is 0. The predicted molar refractivity (Wildman–Crippen MR) is 82.6 cm³/mol. The molecule has 0 saturated carbocycles. The molecule has 0 aliphatic carbocycles. The number of hydrogen-bond donors (Lipinski definition) is 1. The molecule has 1 saturated heterocycles. The highest BCUT2D eigenvalue weighted by atomic mass is 16.2. The van der Waals surface area contributed by atoms with E-state index in [0.717, 1.165) is 25.9 Å². The van der Waals surface area contributed by atoms with Crippen LogP contribution in [0.4, 0.5) is 0 Å². The van der Waals surface area contributed by atoms with E-state index in [-0.39, 0.29) is 11.9 Å². The van der Waals surface area contributed by atoms with Crippen LogP contribution >= 0.6 is 0 Å². The van der Waals surface area contributed by atoms with Gasteiger partial charge in [0.2, 0.25) is 5.91 Å². The number of piperidine rings is 1. The molecule has 2 rings (SSSR count). The number of hydrogen-bond acceptors (Lipinski definition) is 2. The summed E-state index contributed by atoms with van der Waals surface area (Å²) >= 11 is 0. The number of likely N-dealkylation sites (N-methyl/N-ethyl adjacent to an activating group) is 1. The van der Waals surface area contributed by atoms with Gasteiger partial charge in [0, 0.05) is 6.54 Å². The average Bonchev–Trinajstić information content (AvgIpc) is 2.52. The number of carbonyl (C=O) groups excluding carboxylic acids is 1. The fourth-order valence-electron chi connectivity index (χ4n) is 3.04. The van der Waals surface area contributed by atoms with Gasteiger partial charge in [-0.05, 0) is 43.5 Å². The summed E-state index contributed by atoms with van der Waals surface area (Å²) in [4.78, 5) is 14.7. The molecule has 1 amide bonds. The molecule has 1 aromatic rings. The molecule has 1 aliphatic heterocycles. The lowest BCUT2D eigenvalue weighted by atomic mass is 10.0. The van der Waals surface area contributed by atoms with Gasteiger partial charge in [-0.3, -0.25) is 9.69 Å². The molecule has 110 valence electrons. The maximum Gasteiger partial charge on any atom is 0.237 e. The first kappa shape index (κ1) is 15.0. The van der Waals surface area contributed by atoms with Crippen LogP contribution < -0.4 is 5.32 Å². The van der Waals surface area contributed by atoms with E-state index >= 15 is 0 Å². The van der Waals surface area contributed by atoms with Gasteiger partial charge in [0.25, 0.3) is 0 Å². The SMILES string of the molecule is CCc1ccccc1CNC(=O)C1CCCCN1CC. The molecule has 0 aromatic heterocycles. The fourth-order valence-corrected chi connectivity index (χ4v) is 3.04. The van der Waals surface area contributed by atoms with Crippen LogP contribution in [0.3, 0.4) is 0 Å². The van der Waals surface area contributed by atoms with E-state index in [2.05, 4.69) is 42.3 Å². The summed E-state index contributed by atoms with van der Waals surface area (Å²) in [5, 5.41) is 3.13. The summed E-state index contributed by atoms with van der Waals surface area (Å²) in [5.74, 6) is 0.192. The molecule has 1 aliphatic rings. The monoisotopic (exact) mass is 274 g/mol. The molecule has 1 aromatic carbocycles. The minimum absolute atomic E-state index is 0.0718. The van der Waals surface area contributed by atoms with Crippen molar-refractivity contribution >= 4 is 5.91 Å². The van der Waals surface area contributed by atoms with Crippen molar-refractivity contribution in [2.24, 2.45) is 0 Å². The molecule has 1 unspecified atom stereocenters. The van der Waals surface area contributed by atoms with Gasteiger partial charge < -0.3 is 5.32 Å². The van der Waals surface area contributed by atoms with Crippen molar-refractivity contribution < 1.29 is 4.79 Å². The minimum atomic E-state index is 0.0718. The van der Waals surface area contributed by atoms with Crippen LogP contribution in [0.2, 0.25) is 0 Å². The normalized spacial score (nSPS) is 19.8. The number of rotatable bonds is 5. The highest BCUT2D eigenvalue weighted by Crippen LogP contribution is 2.17. The zero-order chi connectivity index (χ0) is 14.4. The summed E-state index contributed by atoms with van der Waals surface area (Å²) in [5.41, 5.74) is 2.56. The third-order valence-corrected chi connectivity index (χ3v) is 4.27. The van der Waals surface area contributed by atoms with Gasteiger partial charge in [0.1, 0.15) is 0 Å². The first-order valence-electron chi connectivity index (χ1n) is 7.84. The summed E-state index contributed by atoms with van der Waals surface area (Å²) in [6.07, 6.45) is 4.39. The first-order chi connectivity index (χ1) is 9.76. The number of benzene rings is 1. The largest absolute Gasteiger partial charge is 0.351 e. The topological polar surface area (TPSA) is 32.3 Å². The van der Waals surface area contributed by atoms with Crippen molar-refractivity contribution in [1.82, 2.24) is 10.2 Å². The zero-order valence-electron chi connectivity index (χ0n) is 12.7. The van der Waals surface area contributed by atoms with Crippen LogP contribution in [-0.4, -0.2) is 29.9 Å². The second-order valence-electron chi connectivity index (χ2n) is 5.48. The quantitative estimate of drug-likeness (QED) is 0.895. The van der Waals surface area contributed by atoms with Crippen molar-refractivity contribution in [3.05, 3.63) is 35.4 Å². The van der Waals surface area contributed by atoms with E-state index < -0.39 is 0 Å². The molecule has 1 atom stereocenters. The Balaban J connectivity index is 1.94. The molecule has 20 heavy (non-hydrogen) atoms. The Morgan fingerprint density at radius 1 is 1.25 bits per heavy atom. The lowest BCUT2D eigenvalue weighted by Gasteiger charge is -2.33. The summed E-state index contributed by atoms with van der Waals surface area (Å²) in [6, 6.07) is 8.42. The van der Waals surface area contributed by atoms with Gasteiger partial charge in [-0.25, -0.2) is 0 Å². The van der Waals surface area contributed by atoms with Crippen LogP contribution in [0.15, 0.2) is 24.3 Å². The molecule has 1 heterocycles. The number of nitrogens with one attached hydrogen (secondary N) is 1. The van der Waals surface area contributed by atoms with Gasteiger partial charge >= 0.3 is 0 Å². The second kappa shape index (κ2) is 7.44. The third-order valence-electron chi connectivity index (χ3n) is 4.27. The smallest absolute Gasteiger partial charge is 0.237 e. The Kier molecular flexibility index (Phi) is 5.60. The molecule has 3 nitrogen and oxygen atoms in total. The predicted octanol–water partition coefficient (Wildman–Crippen LogP) is 2.74. The van der Waals surface area contributed by atoms with Gasteiger partial charge in [0.15, 0.2) is 0 Å². The van der Waals surface area contributed by atoms with Crippen LogP contribution in [-0.2, 0) is 17.8 Å². The van der Waals surface area contributed by atoms with E-state index in [4.69, 9.17) is 0 Å². The van der Waals surface area contributed by atoms with E-state index in [1.807, 2.05) is 6.07 Å². The number of likely N-dealkylation sites (tertiary alicyclic amines) is 1. The Hall–Kier alpha value is -1.35. The van der Waals surface area contributed by atoms with Gasteiger partial charge in [-0.1, -0.05) is 44.5 Å². The number of nitrogens with zero attached hydrogens (tertiary/aromatic N) is 1. The molecule has 0 radical (unpaired) electrons. The van der Waals surface area contributed by atoms with E-state index in [1.54, 1.807) is 0 Å². The van der Waals surface area contributed by atoms with Crippen LogP contribution in [0.25, 0.3) is 0 Å². The van der Waals surface area contributed by atoms with E-state index in [0.29, 0.717) is 6.54 Å². The third kappa shape index (κ3) is 3.60. The maximum atomic E-state index is 12.4. The van der Waals surface area contributed by atoms with Crippen molar-refractivity contribution in [1.29, 1.82) is 0 Å². The van der Waals surface area contributed by atoms with Crippen LogP contribution in [0, 0.1) is 0 Å². The molecular weight excluding hydrogens is 248 g/mol. The zero-order valence-corrected chi connectivity index (χ0v) is 12.7. The van der Waals surface area contributed by atoms with Gasteiger partial charge in [0.05, 0.1) is 6.04 Å². The molecule has 0 spiro atoms. The first-order valence-corrected chi connectivity index (χ1v) is 7.84. The van der Waals surface area contributed by atoms with Crippen molar-refractivity contribution in [3.63, 3.8) is 0 Å². The molecule has 1 N–H and O–H groups in total. The second-order valence-corrected chi connectivity index (χ2v) is 5.48. The molecule has 3 heteroatoms. The fraction of sp³-hybridized carbons (Fsp3) is 0.588. The lowest BCUT2D eigenvalue weighted by molar-refractivity contribution is -0.127. The van der Waals surface area contributed by atoms with Gasteiger partial charge in [-0.15, -0.1) is 0 Å². The Labute approximate surface area is 122 Å². The maximum absolute atomic E-state index is 12.4. The van der Waals surface area contributed by atoms with Crippen LogP contribution in [0.5, 0.6) is 0 Å². The van der Waals surface area contributed by atoms with E-state index in [1.165, 1.54) is 24.0 Å².